The molecule has 0 aliphatic rings. The Balaban J connectivity index is 1.88. The normalized spacial score (nSPS) is 11.3. The summed E-state index contributed by atoms with van der Waals surface area (Å²) in [7, 11) is 0. The molecule has 0 aliphatic heterocycles. The molecule has 32 heavy (non-hydrogen) atoms. The number of hydrogen-bond acceptors (Lipinski definition) is 5. The molecule has 0 atom stereocenters. The first-order valence-electron chi connectivity index (χ1n) is 11.9. The van der Waals surface area contributed by atoms with E-state index in [0.717, 1.165) is 38.1 Å². The molecule has 5 nitrogen and oxygen atoms in total. The highest BCUT2D eigenvalue weighted by Gasteiger charge is 2.06. The molecule has 0 spiro atoms. The molecule has 2 rings (SSSR count). The van der Waals surface area contributed by atoms with Crippen LogP contribution in [0.4, 0.5) is 5.69 Å². The third-order valence-electron chi connectivity index (χ3n) is 5.43. The SMILES string of the molecule is CCCCCN(CCCCC)c1ccc(C=Cc2cc[n+](CCCSOO[O-])cc2)cc1. The van der Waals surface area contributed by atoms with Crippen LogP contribution in [-0.2, 0) is 15.9 Å². The van der Waals surface area contributed by atoms with Gasteiger partial charge in [0.1, 0.15) is 6.54 Å². The molecule has 1 aromatic heterocycles. The minimum absolute atomic E-state index is 0.710. The van der Waals surface area contributed by atoms with Gasteiger partial charge in [0.05, 0.1) is 0 Å². The second kappa shape index (κ2) is 16.7. The van der Waals surface area contributed by atoms with Crippen molar-refractivity contribution >= 4 is 29.9 Å². The Labute approximate surface area is 198 Å². The zero-order valence-corrected chi connectivity index (χ0v) is 20.4. The fourth-order valence-electron chi connectivity index (χ4n) is 3.55. The number of aryl methyl sites for hydroxylation is 1. The maximum absolute atomic E-state index is 9.75. The van der Waals surface area contributed by atoms with E-state index in [1.54, 1.807) is 0 Å². The van der Waals surface area contributed by atoms with Crippen molar-refractivity contribution in [1.29, 1.82) is 0 Å². The summed E-state index contributed by atoms with van der Waals surface area (Å²) in [6.45, 7) is 7.69. The summed E-state index contributed by atoms with van der Waals surface area (Å²) in [4.78, 5) is 2.55. The number of benzene rings is 1. The Morgan fingerprint density at radius 3 is 2.00 bits per heavy atom. The van der Waals surface area contributed by atoms with Crippen LogP contribution in [-0.4, -0.2) is 18.8 Å². The smallest absolute Gasteiger partial charge is 0.169 e. The molecule has 0 radical (unpaired) electrons. The lowest BCUT2D eigenvalue weighted by Crippen LogP contribution is -2.32. The first-order chi connectivity index (χ1) is 15.8. The molecular formula is C26H38N2O3S. The minimum Gasteiger partial charge on any atom is -0.691 e. The molecule has 1 heterocycles. The molecular weight excluding hydrogens is 420 g/mol. The van der Waals surface area contributed by atoms with Crippen molar-refractivity contribution in [2.24, 2.45) is 0 Å². The van der Waals surface area contributed by atoms with Crippen LogP contribution in [0.25, 0.3) is 12.2 Å². The molecule has 2 aromatic rings. The number of hydrogen-bond donors (Lipinski definition) is 0. The lowest BCUT2D eigenvalue weighted by atomic mass is 10.1. The second-order valence-corrected chi connectivity index (χ2v) is 8.79. The average molecular weight is 459 g/mol. The molecule has 0 bridgehead atoms. The van der Waals surface area contributed by atoms with Gasteiger partial charge in [0.15, 0.2) is 12.4 Å². The average Bonchev–Trinajstić information content (AvgIpc) is 2.83. The molecule has 0 saturated heterocycles. The Kier molecular flexibility index (Phi) is 13.8. The van der Waals surface area contributed by atoms with Crippen molar-refractivity contribution in [3.05, 3.63) is 59.9 Å². The van der Waals surface area contributed by atoms with Crippen LogP contribution in [0.1, 0.15) is 69.9 Å². The Hall–Kier alpha value is -1.86. The molecule has 1 aromatic carbocycles. The maximum Gasteiger partial charge on any atom is 0.169 e. The van der Waals surface area contributed by atoms with Gasteiger partial charge in [0.2, 0.25) is 0 Å². The summed E-state index contributed by atoms with van der Waals surface area (Å²) < 4.78 is 6.39. The largest absolute Gasteiger partial charge is 0.691 e. The molecule has 0 unspecified atom stereocenters. The van der Waals surface area contributed by atoms with Gasteiger partial charge >= 0.3 is 0 Å². The molecule has 0 amide bonds. The van der Waals surface area contributed by atoms with E-state index < -0.39 is 0 Å². The highest BCUT2D eigenvalue weighted by atomic mass is 32.2. The molecule has 0 N–H and O–H groups in total. The summed E-state index contributed by atoms with van der Waals surface area (Å²) in [6.07, 6.45) is 17.0. The first kappa shape index (κ1) is 26.4. The Morgan fingerprint density at radius 1 is 0.844 bits per heavy atom. The van der Waals surface area contributed by atoms with Crippen molar-refractivity contribution in [1.82, 2.24) is 0 Å². The van der Waals surface area contributed by atoms with Gasteiger partial charge < -0.3 is 10.2 Å². The summed E-state index contributed by atoms with van der Waals surface area (Å²) in [5.74, 6) is 0.710. The van der Waals surface area contributed by atoms with E-state index in [2.05, 4.69) is 93.6 Å². The number of rotatable bonds is 17. The summed E-state index contributed by atoms with van der Waals surface area (Å²) >= 11 is 1.03. The third kappa shape index (κ3) is 10.6. The van der Waals surface area contributed by atoms with E-state index in [9.17, 15) is 5.26 Å². The lowest BCUT2D eigenvalue weighted by molar-refractivity contribution is -0.777. The van der Waals surface area contributed by atoms with Crippen molar-refractivity contribution in [3.8, 4) is 0 Å². The van der Waals surface area contributed by atoms with E-state index >= 15 is 0 Å². The molecule has 0 aliphatic carbocycles. The quantitative estimate of drug-likeness (QED) is 0.102. The van der Waals surface area contributed by atoms with Gasteiger partial charge in [0, 0.05) is 55.1 Å². The van der Waals surface area contributed by atoms with Crippen molar-refractivity contribution < 1.29 is 19.2 Å². The highest BCUT2D eigenvalue weighted by Crippen LogP contribution is 2.19. The van der Waals surface area contributed by atoms with Gasteiger partial charge in [-0.1, -0.05) is 63.8 Å². The Bertz CT molecular complexity index is 741. The van der Waals surface area contributed by atoms with E-state index in [0.29, 0.717) is 5.75 Å². The number of aromatic nitrogens is 1. The summed E-state index contributed by atoms with van der Waals surface area (Å²) in [6, 6.07) is 13.2. The van der Waals surface area contributed by atoms with E-state index in [1.807, 2.05) is 0 Å². The van der Waals surface area contributed by atoms with Crippen molar-refractivity contribution in [3.63, 3.8) is 0 Å². The highest BCUT2D eigenvalue weighted by molar-refractivity contribution is 7.94. The first-order valence-corrected chi connectivity index (χ1v) is 12.8. The molecule has 0 saturated carbocycles. The summed E-state index contributed by atoms with van der Waals surface area (Å²) in [5, 5.41) is 13.1. The number of unbranched alkanes of at least 4 members (excludes halogenated alkanes) is 4. The fourth-order valence-corrected chi connectivity index (χ4v) is 3.91. The van der Waals surface area contributed by atoms with E-state index in [-0.39, 0.29) is 0 Å². The van der Waals surface area contributed by atoms with Crippen LogP contribution in [0.2, 0.25) is 0 Å². The van der Waals surface area contributed by atoms with Crippen LogP contribution < -0.4 is 14.7 Å². The molecule has 6 heteroatoms. The van der Waals surface area contributed by atoms with Crippen LogP contribution in [0.3, 0.4) is 0 Å². The van der Waals surface area contributed by atoms with E-state index in [4.69, 9.17) is 0 Å². The number of nitrogens with zero attached hydrogens (tertiary/aromatic N) is 2. The van der Waals surface area contributed by atoms with Crippen LogP contribution in [0, 0.1) is 0 Å². The maximum atomic E-state index is 9.75. The zero-order chi connectivity index (χ0) is 22.9. The fraction of sp³-hybridized carbons (Fsp3) is 0.500. The van der Waals surface area contributed by atoms with Gasteiger partial charge in [-0.15, -0.1) is 0 Å². The van der Waals surface area contributed by atoms with Crippen LogP contribution in [0.15, 0.2) is 48.8 Å². The molecule has 0 fully saturated rings. The van der Waals surface area contributed by atoms with Gasteiger partial charge in [0.25, 0.3) is 0 Å². The lowest BCUT2D eigenvalue weighted by Gasteiger charge is -2.25. The van der Waals surface area contributed by atoms with Gasteiger partial charge in [-0.05, 0) is 36.1 Å². The van der Waals surface area contributed by atoms with Gasteiger partial charge in [-0.3, -0.25) is 5.04 Å². The topological polar surface area (TPSA) is 48.6 Å². The third-order valence-corrected chi connectivity index (χ3v) is 6.03. The number of anilines is 1. The predicted octanol–water partition coefficient (Wildman–Crippen LogP) is 5.59. The Morgan fingerprint density at radius 2 is 1.44 bits per heavy atom. The van der Waals surface area contributed by atoms with Crippen LogP contribution >= 0.6 is 12.0 Å². The number of pyridine rings is 1. The van der Waals surface area contributed by atoms with Gasteiger partial charge in [-0.2, -0.15) is 4.33 Å². The predicted molar refractivity (Wildman–Crippen MR) is 133 cm³/mol. The standard InChI is InChI=1S/C26H38N2O3S/c1-3-5-7-19-28(20-8-6-4-2)26-14-12-24(13-15-26)10-11-25-16-21-27(22-17-25)18-9-23-32-31-30-29/h10-17,21-22H,3-9,18-20,23H2,1-2H3. The van der Waals surface area contributed by atoms with Crippen molar-refractivity contribution in [2.45, 2.75) is 65.3 Å². The van der Waals surface area contributed by atoms with Crippen molar-refractivity contribution in [2.75, 3.05) is 23.7 Å². The zero-order valence-electron chi connectivity index (χ0n) is 19.6. The minimum atomic E-state index is 0.710. The van der Waals surface area contributed by atoms with Crippen LogP contribution in [0.5, 0.6) is 0 Å². The van der Waals surface area contributed by atoms with E-state index in [1.165, 1.54) is 55.3 Å². The second-order valence-electron chi connectivity index (χ2n) is 8.01. The van der Waals surface area contributed by atoms with Gasteiger partial charge in [-0.25, -0.2) is 4.57 Å². The monoisotopic (exact) mass is 458 g/mol. The summed E-state index contributed by atoms with van der Waals surface area (Å²) in [5.41, 5.74) is 3.72. The molecule has 176 valence electrons.